The van der Waals surface area contributed by atoms with Crippen LogP contribution in [0, 0.1) is 0 Å². The lowest BCUT2D eigenvalue weighted by Crippen LogP contribution is -2.65. The molecule has 14 heteroatoms. The van der Waals surface area contributed by atoms with Crippen LogP contribution in [-0.2, 0) is 23.7 Å². The second kappa shape index (κ2) is 29.0. The third-order valence-electron chi connectivity index (χ3n) is 9.46. The summed E-state index contributed by atoms with van der Waals surface area (Å²) in [5, 5.41) is 85.8. The zero-order valence-corrected chi connectivity index (χ0v) is 32.6. The lowest BCUT2D eigenvalue weighted by atomic mass is 9.97. The number of unbranched alkanes of at least 4 members (excludes halogenated alkanes) is 6. The van der Waals surface area contributed by atoms with Crippen LogP contribution in [0.25, 0.3) is 0 Å². The average molecular weight is 784 g/mol. The molecule has 0 radical (unpaired) electrons. The van der Waals surface area contributed by atoms with Crippen molar-refractivity contribution in [2.24, 2.45) is 0 Å². The molecule has 0 aromatic carbocycles. The van der Waals surface area contributed by atoms with Crippen LogP contribution in [0.5, 0.6) is 0 Å². The maximum Gasteiger partial charge on any atom is 0.220 e. The van der Waals surface area contributed by atoms with Gasteiger partial charge in [0.05, 0.1) is 32.0 Å². The Labute approximate surface area is 326 Å². The molecular weight excluding hydrogens is 714 g/mol. The summed E-state index contributed by atoms with van der Waals surface area (Å²) in [4.78, 5) is 13.0. The number of ether oxygens (including phenoxy) is 4. The van der Waals surface area contributed by atoms with Crippen LogP contribution in [-0.4, -0.2) is 140 Å². The number of hydrogen-bond donors (Lipinski definition) is 9. The summed E-state index contributed by atoms with van der Waals surface area (Å²) in [5.41, 5.74) is 0. The van der Waals surface area contributed by atoms with Crippen LogP contribution in [0.2, 0.25) is 0 Å². The molecule has 14 nitrogen and oxygen atoms in total. The summed E-state index contributed by atoms with van der Waals surface area (Å²) in [6.45, 7) is 2.49. The van der Waals surface area contributed by atoms with E-state index >= 15 is 0 Å². The van der Waals surface area contributed by atoms with Gasteiger partial charge in [-0.25, -0.2) is 0 Å². The SMILES string of the molecule is CC/C=C\C/C=C\C/C=C\C/C=C\CCCCC(=O)NC(COC1OC(CO)C(OC2OC(CO)C(O)C(O)C2O)C(O)C1O)C(O)/C=C/CCCCCC. The van der Waals surface area contributed by atoms with E-state index in [1.54, 1.807) is 6.08 Å². The predicted molar refractivity (Wildman–Crippen MR) is 207 cm³/mol. The molecule has 2 aliphatic rings. The summed E-state index contributed by atoms with van der Waals surface area (Å²) in [6.07, 6.45) is 14.7. The van der Waals surface area contributed by atoms with Crippen LogP contribution >= 0.6 is 0 Å². The van der Waals surface area contributed by atoms with Gasteiger partial charge in [0.15, 0.2) is 12.6 Å². The summed E-state index contributed by atoms with van der Waals surface area (Å²) in [7, 11) is 0. The van der Waals surface area contributed by atoms with Gasteiger partial charge in [0.2, 0.25) is 5.91 Å². The van der Waals surface area contributed by atoms with Crippen molar-refractivity contribution < 1.29 is 64.6 Å². The molecule has 1 amide bonds. The molecule has 316 valence electrons. The minimum absolute atomic E-state index is 0.225. The zero-order valence-electron chi connectivity index (χ0n) is 32.6. The molecule has 0 spiro atoms. The number of allylic oxidation sites excluding steroid dienone is 9. The van der Waals surface area contributed by atoms with E-state index < -0.39 is 86.8 Å². The van der Waals surface area contributed by atoms with Crippen molar-refractivity contribution in [2.75, 3.05) is 19.8 Å². The molecule has 2 saturated heterocycles. The zero-order chi connectivity index (χ0) is 40.4. The lowest BCUT2D eigenvalue weighted by molar-refractivity contribution is -0.359. The third kappa shape index (κ3) is 18.2. The summed E-state index contributed by atoms with van der Waals surface area (Å²) >= 11 is 0. The molecule has 12 unspecified atom stereocenters. The molecule has 2 heterocycles. The maximum atomic E-state index is 13.0. The number of nitrogens with one attached hydrogen (secondary N) is 1. The van der Waals surface area contributed by atoms with E-state index in [-0.39, 0.29) is 18.9 Å². The van der Waals surface area contributed by atoms with Crippen LogP contribution in [0.15, 0.2) is 60.8 Å². The van der Waals surface area contributed by atoms with Crippen molar-refractivity contribution in [1.82, 2.24) is 5.32 Å². The lowest BCUT2D eigenvalue weighted by Gasteiger charge is -2.46. The number of carbonyl (C=O) groups is 1. The second-order valence-electron chi connectivity index (χ2n) is 14.0. The highest BCUT2D eigenvalue weighted by atomic mass is 16.7. The molecule has 0 bridgehead atoms. The topological polar surface area (TPSA) is 228 Å². The number of hydrogen-bond acceptors (Lipinski definition) is 13. The van der Waals surface area contributed by atoms with Crippen molar-refractivity contribution in [2.45, 2.75) is 171 Å². The number of amides is 1. The van der Waals surface area contributed by atoms with Gasteiger partial charge in [-0.1, -0.05) is 93.9 Å². The smallest absolute Gasteiger partial charge is 0.220 e. The van der Waals surface area contributed by atoms with Crippen molar-refractivity contribution in [3.8, 4) is 0 Å². The second-order valence-corrected chi connectivity index (χ2v) is 14.0. The quantitative estimate of drug-likeness (QED) is 0.0431. The van der Waals surface area contributed by atoms with E-state index in [1.165, 1.54) is 0 Å². The Morgan fingerprint density at radius 2 is 1.25 bits per heavy atom. The molecule has 0 aliphatic carbocycles. The van der Waals surface area contributed by atoms with Gasteiger partial charge in [-0.15, -0.1) is 0 Å². The largest absolute Gasteiger partial charge is 0.394 e. The summed E-state index contributed by atoms with van der Waals surface area (Å²) in [5.74, 6) is -0.291. The highest BCUT2D eigenvalue weighted by Crippen LogP contribution is 2.29. The molecule has 55 heavy (non-hydrogen) atoms. The van der Waals surface area contributed by atoms with Crippen LogP contribution < -0.4 is 5.32 Å². The van der Waals surface area contributed by atoms with Crippen LogP contribution in [0.3, 0.4) is 0 Å². The van der Waals surface area contributed by atoms with E-state index in [2.05, 4.69) is 67.8 Å². The first kappa shape index (κ1) is 48.8. The molecule has 0 aromatic heterocycles. The maximum absolute atomic E-state index is 13.0. The van der Waals surface area contributed by atoms with Crippen molar-refractivity contribution in [3.63, 3.8) is 0 Å². The monoisotopic (exact) mass is 783 g/mol. The first-order valence-corrected chi connectivity index (χ1v) is 20.0. The summed E-state index contributed by atoms with van der Waals surface area (Å²) in [6, 6.07) is -0.933. The number of aliphatic hydroxyl groups is 8. The Kier molecular flexibility index (Phi) is 25.7. The van der Waals surface area contributed by atoms with Gasteiger partial charge in [-0.2, -0.15) is 0 Å². The van der Waals surface area contributed by atoms with Crippen LogP contribution in [0.4, 0.5) is 0 Å². The van der Waals surface area contributed by atoms with Gasteiger partial charge in [-0.05, 0) is 57.8 Å². The minimum Gasteiger partial charge on any atom is -0.394 e. The van der Waals surface area contributed by atoms with Gasteiger partial charge in [-0.3, -0.25) is 4.79 Å². The Balaban J connectivity index is 1.92. The molecule has 9 N–H and O–H groups in total. The number of rotatable bonds is 27. The Morgan fingerprint density at radius 1 is 0.673 bits per heavy atom. The molecule has 2 fully saturated rings. The van der Waals surface area contributed by atoms with Crippen molar-refractivity contribution in [3.05, 3.63) is 60.8 Å². The Morgan fingerprint density at radius 3 is 1.89 bits per heavy atom. The molecule has 2 aliphatic heterocycles. The van der Waals surface area contributed by atoms with E-state index in [0.29, 0.717) is 6.42 Å². The highest BCUT2D eigenvalue weighted by Gasteiger charge is 2.50. The first-order valence-electron chi connectivity index (χ1n) is 20.0. The standard InChI is InChI=1S/C41H69NO13/c1-3-5-7-9-11-12-13-14-15-16-17-18-19-21-23-25-33(46)42-29(30(45)24-22-20-10-8-6-4-2)28-52-40-38(51)36(49)39(32(27-44)54-40)55-41-37(50)35(48)34(47)31(26-43)53-41/h5,7,11-12,14-15,17-18,22,24,29-32,34-41,43-45,47-51H,3-4,6,8-10,13,16,19-21,23,25-28H2,1-2H3,(H,42,46)/b7-5-,12-11-,15-14-,18-17-,24-22+. The van der Waals surface area contributed by atoms with Gasteiger partial charge in [0, 0.05) is 6.42 Å². The Bertz CT molecular complexity index is 1160. The van der Waals surface area contributed by atoms with Crippen molar-refractivity contribution >= 4 is 5.91 Å². The fourth-order valence-corrected chi connectivity index (χ4v) is 6.10. The van der Waals surface area contributed by atoms with E-state index in [4.69, 9.17) is 18.9 Å². The third-order valence-corrected chi connectivity index (χ3v) is 9.46. The highest BCUT2D eigenvalue weighted by molar-refractivity contribution is 5.76. The number of carbonyl (C=O) groups excluding carboxylic acids is 1. The van der Waals surface area contributed by atoms with E-state index in [1.807, 2.05) is 6.08 Å². The molecular formula is C41H69NO13. The molecule has 12 atom stereocenters. The fourth-order valence-electron chi connectivity index (χ4n) is 6.10. The van der Waals surface area contributed by atoms with Gasteiger partial charge >= 0.3 is 0 Å². The van der Waals surface area contributed by atoms with E-state index in [0.717, 1.165) is 70.6 Å². The number of aliphatic hydroxyl groups excluding tert-OH is 8. The predicted octanol–water partition coefficient (Wildman–Crippen LogP) is 2.36. The molecule has 0 saturated carbocycles. The van der Waals surface area contributed by atoms with Crippen LogP contribution in [0.1, 0.15) is 97.3 Å². The molecule has 2 rings (SSSR count). The average Bonchev–Trinajstić information content (AvgIpc) is 3.18. The summed E-state index contributed by atoms with van der Waals surface area (Å²) < 4.78 is 22.4. The molecule has 0 aromatic rings. The first-order chi connectivity index (χ1) is 26.6. The minimum atomic E-state index is -1.79. The van der Waals surface area contributed by atoms with Gasteiger partial charge in [0.1, 0.15) is 48.8 Å². The van der Waals surface area contributed by atoms with Gasteiger partial charge < -0.3 is 65.1 Å². The van der Waals surface area contributed by atoms with Crippen molar-refractivity contribution in [1.29, 1.82) is 0 Å². The normalized spacial score (nSPS) is 30.4. The van der Waals surface area contributed by atoms with Gasteiger partial charge in [0.25, 0.3) is 0 Å². The van der Waals surface area contributed by atoms with E-state index in [9.17, 15) is 45.6 Å². The fraction of sp³-hybridized carbons (Fsp3) is 0.732. The Hall–Kier alpha value is -2.31.